The summed E-state index contributed by atoms with van der Waals surface area (Å²) in [6.07, 6.45) is 0. The molecule has 0 atom stereocenters. The zero-order valence-electron chi connectivity index (χ0n) is 14.7. The van der Waals surface area contributed by atoms with Gasteiger partial charge in [-0.2, -0.15) is 5.10 Å². The monoisotopic (exact) mass is 411 g/mol. The molecule has 6 heteroatoms. The van der Waals surface area contributed by atoms with Gasteiger partial charge in [-0.3, -0.25) is 9.59 Å². The minimum atomic E-state index is -0.675. The van der Waals surface area contributed by atoms with Crippen molar-refractivity contribution < 1.29 is 9.59 Å². The van der Waals surface area contributed by atoms with E-state index in [-0.39, 0.29) is 0 Å². The predicted octanol–water partition coefficient (Wildman–Crippen LogP) is 4.38. The summed E-state index contributed by atoms with van der Waals surface area (Å²) < 4.78 is 2.62. The van der Waals surface area contributed by atoms with Crippen LogP contribution in [0.4, 0.5) is 5.69 Å². The van der Waals surface area contributed by atoms with Crippen molar-refractivity contribution in [1.29, 1.82) is 0 Å². The van der Waals surface area contributed by atoms with E-state index in [2.05, 4.69) is 26.3 Å². The summed E-state index contributed by atoms with van der Waals surface area (Å²) >= 11 is 3.41. The van der Waals surface area contributed by atoms with E-state index in [0.29, 0.717) is 22.6 Å². The standard InChI is InChI=1S/C20H18BrN3O2/c1-12-11-15(9-10-17(12)21)22-20(26)19(25)18-13(2)23-24(14(18)3)16-7-5-4-6-8-16/h4-11H,1-3H3,(H,22,26). The minimum Gasteiger partial charge on any atom is -0.319 e. The number of hydrogen-bond acceptors (Lipinski definition) is 3. The SMILES string of the molecule is Cc1cc(NC(=O)C(=O)c2c(C)nn(-c3ccccc3)c2C)ccc1Br. The zero-order valence-corrected chi connectivity index (χ0v) is 16.3. The molecule has 0 aliphatic heterocycles. The first kappa shape index (κ1) is 18.1. The van der Waals surface area contributed by atoms with Gasteiger partial charge >= 0.3 is 0 Å². The van der Waals surface area contributed by atoms with Crippen LogP contribution in [0.1, 0.15) is 27.3 Å². The third-order valence-electron chi connectivity index (χ3n) is 4.14. The van der Waals surface area contributed by atoms with Gasteiger partial charge in [0, 0.05) is 10.2 Å². The summed E-state index contributed by atoms with van der Waals surface area (Å²) in [6.45, 7) is 5.44. The van der Waals surface area contributed by atoms with Gasteiger partial charge in [-0.25, -0.2) is 4.68 Å². The minimum absolute atomic E-state index is 0.334. The van der Waals surface area contributed by atoms with Crippen LogP contribution >= 0.6 is 15.9 Å². The topological polar surface area (TPSA) is 64.0 Å². The van der Waals surface area contributed by atoms with Gasteiger partial charge in [0.05, 0.1) is 22.6 Å². The van der Waals surface area contributed by atoms with Crippen LogP contribution in [0.2, 0.25) is 0 Å². The smallest absolute Gasteiger partial charge is 0.296 e. The third-order valence-corrected chi connectivity index (χ3v) is 5.03. The molecule has 0 spiro atoms. The molecule has 26 heavy (non-hydrogen) atoms. The Balaban J connectivity index is 1.89. The fraction of sp³-hybridized carbons (Fsp3) is 0.150. The molecule has 0 aliphatic rings. The largest absolute Gasteiger partial charge is 0.319 e. The van der Waals surface area contributed by atoms with Gasteiger partial charge in [0.1, 0.15) is 0 Å². The molecule has 0 saturated carbocycles. The Kier molecular flexibility index (Phi) is 5.04. The first-order valence-corrected chi connectivity index (χ1v) is 8.91. The number of aromatic nitrogens is 2. The Labute approximate surface area is 160 Å². The predicted molar refractivity (Wildman–Crippen MR) is 105 cm³/mol. The van der Waals surface area contributed by atoms with E-state index in [0.717, 1.165) is 15.7 Å². The Morgan fingerprint density at radius 2 is 1.73 bits per heavy atom. The van der Waals surface area contributed by atoms with Crippen LogP contribution < -0.4 is 5.32 Å². The normalized spacial score (nSPS) is 10.6. The number of Topliss-reactive ketones (excluding diaryl/α,β-unsaturated/α-hetero) is 1. The molecule has 0 bridgehead atoms. The number of amides is 1. The van der Waals surface area contributed by atoms with Crippen LogP contribution in [0, 0.1) is 20.8 Å². The van der Waals surface area contributed by atoms with E-state index in [9.17, 15) is 9.59 Å². The summed E-state index contributed by atoms with van der Waals surface area (Å²) in [5.74, 6) is -1.27. The van der Waals surface area contributed by atoms with Gasteiger partial charge in [-0.15, -0.1) is 0 Å². The number of hydrogen-bond donors (Lipinski definition) is 1. The van der Waals surface area contributed by atoms with E-state index < -0.39 is 11.7 Å². The molecular weight excluding hydrogens is 394 g/mol. The number of para-hydroxylation sites is 1. The third kappa shape index (κ3) is 3.46. The number of benzene rings is 2. The first-order valence-electron chi connectivity index (χ1n) is 8.12. The molecule has 2 aromatic carbocycles. The van der Waals surface area contributed by atoms with Gasteiger partial charge in [0.25, 0.3) is 11.7 Å². The van der Waals surface area contributed by atoms with Crippen molar-refractivity contribution in [3.05, 3.63) is 75.5 Å². The average molecular weight is 412 g/mol. The number of nitrogens with zero attached hydrogens (tertiary/aromatic N) is 2. The van der Waals surface area contributed by atoms with Gasteiger partial charge in [-0.05, 0) is 56.7 Å². The summed E-state index contributed by atoms with van der Waals surface area (Å²) in [4.78, 5) is 25.2. The molecule has 3 aromatic rings. The molecular formula is C20H18BrN3O2. The Morgan fingerprint density at radius 1 is 1.04 bits per heavy atom. The van der Waals surface area contributed by atoms with Crippen molar-refractivity contribution in [3.63, 3.8) is 0 Å². The number of rotatable bonds is 4. The second-order valence-corrected chi connectivity index (χ2v) is 6.89. The van der Waals surface area contributed by atoms with E-state index in [4.69, 9.17) is 0 Å². The highest BCUT2D eigenvalue weighted by Crippen LogP contribution is 2.22. The van der Waals surface area contributed by atoms with Crippen LogP contribution in [-0.4, -0.2) is 21.5 Å². The molecule has 132 valence electrons. The van der Waals surface area contributed by atoms with Crippen molar-refractivity contribution in [1.82, 2.24) is 9.78 Å². The van der Waals surface area contributed by atoms with Crippen molar-refractivity contribution in [2.45, 2.75) is 20.8 Å². The van der Waals surface area contributed by atoms with Crippen molar-refractivity contribution >= 4 is 33.3 Å². The van der Waals surface area contributed by atoms with Gasteiger partial charge in [-0.1, -0.05) is 34.1 Å². The Bertz CT molecular complexity index is 994. The van der Waals surface area contributed by atoms with Gasteiger partial charge < -0.3 is 5.32 Å². The molecule has 0 radical (unpaired) electrons. The van der Waals surface area contributed by atoms with Crippen LogP contribution in [0.5, 0.6) is 0 Å². The van der Waals surface area contributed by atoms with Gasteiger partial charge in [0.15, 0.2) is 0 Å². The highest BCUT2D eigenvalue weighted by Gasteiger charge is 2.25. The summed E-state index contributed by atoms with van der Waals surface area (Å²) in [5, 5.41) is 7.09. The molecule has 0 aliphatic carbocycles. The number of nitrogens with one attached hydrogen (secondary N) is 1. The second kappa shape index (κ2) is 7.25. The highest BCUT2D eigenvalue weighted by atomic mass is 79.9. The molecule has 5 nitrogen and oxygen atoms in total. The summed E-state index contributed by atoms with van der Waals surface area (Å²) in [7, 11) is 0. The molecule has 1 N–H and O–H groups in total. The van der Waals surface area contributed by atoms with E-state index >= 15 is 0 Å². The van der Waals surface area contributed by atoms with Crippen molar-refractivity contribution in [2.24, 2.45) is 0 Å². The molecule has 1 heterocycles. The lowest BCUT2D eigenvalue weighted by Crippen LogP contribution is -2.24. The quantitative estimate of drug-likeness (QED) is 0.511. The molecule has 3 rings (SSSR count). The molecule has 1 aromatic heterocycles. The summed E-state index contributed by atoms with van der Waals surface area (Å²) in [5.41, 5.74) is 3.89. The summed E-state index contributed by atoms with van der Waals surface area (Å²) in [6, 6.07) is 14.9. The lowest BCUT2D eigenvalue weighted by atomic mass is 10.1. The van der Waals surface area contributed by atoms with Crippen molar-refractivity contribution in [3.8, 4) is 5.69 Å². The lowest BCUT2D eigenvalue weighted by Gasteiger charge is -2.07. The molecule has 1 amide bonds. The number of anilines is 1. The molecule has 0 unspecified atom stereocenters. The maximum absolute atomic E-state index is 12.7. The number of ketones is 1. The maximum Gasteiger partial charge on any atom is 0.296 e. The highest BCUT2D eigenvalue weighted by molar-refractivity contribution is 9.10. The van der Waals surface area contributed by atoms with Crippen LogP contribution in [0.3, 0.4) is 0 Å². The molecule has 0 saturated heterocycles. The average Bonchev–Trinajstić information content (AvgIpc) is 2.92. The Hall–Kier alpha value is -2.73. The number of aryl methyl sites for hydroxylation is 2. The second-order valence-electron chi connectivity index (χ2n) is 6.04. The lowest BCUT2D eigenvalue weighted by molar-refractivity contribution is -0.112. The van der Waals surface area contributed by atoms with E-state index in [1.165, 1.54) is 0 Å². The number of carbonyl (C=O) groups is 2. The first-order chi connectivity index (χ1) is 12.4. The van der Waals surface area contributed by atoms with Crippen LogP contribution in [0.15, 0.2) is 53.0 Å². The van der Waals surface area contributed by atoms with E-state index in [1.807, 2.05) is 49.4 Å². The molecule has 0 fully saturated rings. The van der Waals surface area contributed by atoms with E-state index in [1.54, 1.807) is 24.6 Å². The number of carbonyl (C=O) groups excluding carboxylic acids is 2. The maximum atomic E-state index is 12.7. The van der Waals surface area contributed by atoms with Crippen LogP contribution in [-0.2, 0) is 4.79 Å². The fourth-order valence-corrected chi connectivity index (χ4v) is 3.06. The Morgan fingerprint density at radius 3 is 2.38 bits per heavy atom. The zero-order chi connectivity index (χ0) is 18.8. The van der Waals surface area contributed by atoms with Gasteiger partial charge in [0.2, 0.25) is 0 Å². The number of halogens is 1. The fourth-order valence-electron chi connectivity index (χ4n) is 2.82. The van der Waals surface area contributed by atoms with Crippen molar-refractivity contribution in [2.75, 3.05) is 5.32 Å². The van der Waals surface area contributed by atoms with Crippen LogP contribution in [0.25, 0.3) is 5.69 Å².